The van der Waals surface area contributed by atoms with Gasteiger partial charge in [-0.25, -0.2) is 4.79 Å². The van der Waals surface area contributed by atoms with Crippen molar-refractivity contribution >= 4 is 35.2 Å². The van der Waals surface area contributed by atoms with Crippen LogP contribution in [0, 0.1) is 5.92 Å². The van der Waals surface area contributed by atoms with Crippen LogP contribution in [0.4, 0.5) is 16.2 Å². The molecule has 9 heteroatoms. The van der Waals surface area contributed by atoms with E-state index in [1.807, 2.05) is 30.3 Å². The minimum Gasteiger partial charge on any atom is -0.455 e. The third kappa shape index (κ3) is 6.84. The molecule has 0 radical (unpaired) electrons. The Hall–Kier alpha value is -3.88. The summed E-state index contributed by atoms with van der Waals surface area (Å²) < 4.78 is 5.24. The number of amides is 4. The maximum Gasteiger partial charge on any atom is 0.321 e. The van der Waals surface area contributed by atoms with Gasteiger partial charge in [-0.1, -0.05) is 43.2 Å². The number of benzene rings is 2. The molecule has 2 aromatic carbocycles. The lowest BCUT2D eigenvalue weighted by Crippen LogP contribution is -2.43. The predicted molar refractivity (Wildman–Crippen MR) is 136 cm³/mol. The van der Waals surface area contributed by atoms with Crippen LogP contribution >= 0.6 is 0 Å². The van der Waals surface area contributed by atoms with Crippen LogP contribution in [-0.2, 0) is 14.3 Å². The highest BCUT2D eigenvalue weighted by molar-refractivity contribution is 6.04. The first kappa shape index (κ1) is 25.2. The Bertz CT molecular complexity index is 1080. The van der Waals surface area contributed by atoms with Gasteiger partial charge in [0, 0.05) is 24.8 Å². The zero-order valence-corrected chi connectivity index (χ0v) is 20.2. The fourth-order valence-electron chi connectivity index (χ4n) is 4.61. The number of carbonyl (C=O) groups is 4. The Kier molecular flexibility index (Phi) is 8.54. The zero-order valence-electron chi connectivity index (χ0n) is 20.2. The maximum absolute atomic E-state index is 12.7. The van der Waals surface area contributed by atoms with Gasteiger partial charge in [0.05, 0.1) is 17.2 Å². The molecule has 0 bridgehead atoms. The number of urea groups is 1. The third-order valence-corrected chi connectivity index (χ3v) is 6.62. The maximum atomic E-state index is 12.7. The van der Waals surface area contributed by atoms with E-state index in [1.54, 1.807) is 29.2 Å². The molecule has 4 rings (SSSR count). The molecular weight excluding hydrogens is 460 g/mol. The van der Waals surface area contributed by atoms with E-state index in [0.717, 1.165) is 25.7 Å². The van der Waals surface area contributed by atoms with E-state index >= 15 is 0 Å². The molecule has 1 saturated carbocycles. The topological polar surface area (TPSA) is 117 Å². The molecular formula is C27H32N4O5. The lowest BCUT2D eigenvalue weighted by molar-refractivity contribution is -0.152. The first-order valence-electron chi connectivity index (χ1n) is 12.5. The van der Waals surface area contributed by atoms with E-state index in [0.29, 0.717) is 42.9 Å². The van der Waals surface area contributed by atoms with E-state index in [2.05, 4.69) is 16.0 Å². The standard InChI is InChI=1S/C27H32N4O5/c32-24(30-23-13-7-6-12-22(23)25(33)28-20-10-4-5-11-20)18-36-26(34)19-14-16-31(17-15-19)27(35)29-21-8-2-1-3-9-21/h1-3,6-9,12-13,19-20H,4-5,10-11,14-18H2,(H,28,33)(H,29,35)(H,30,32). The van der Waals surface area contributed by atoms with Gasteiger partial charge in [0.2, 0.25) is 0 Å². The second kappa shape index (κ2) is 12.2. The quantitative estimate of drug-likeness (QED) is 0.509. The molecule has 3 N–H and O–H groups in total. The summed E-state index contributed by atoms with van der Waals surface area (Å²) in [5.41, 5.74) is 1.48. The number of hydrogen-bond acceptors (Lipinski definition) is 5. The summed E-state index contributed by atoms with van der Waals surface area (Å²) in [5, 5.41) is 8.54. The number of ether oxygens (including phenoxy) is 1. The Morgan fingerprint density at radius 2 is 1.50 bits per heavy atom. The number of esters is 1. The van der Waals surface area contributed by atoms with Crippen molar-refractivity contribution in [3.63, 3.8) is 0 Å². The highest BCUT2D eigenvalue weighted by Gasteiger charge is 2.29. The number of anilines is 2. The van der Waals surface area contributed by atoms with Crippen molar-refractivity contribution in [3.8, 4) is 0 Å². The van der Waals surface area contributed by atoms with Gasteiger partial charge >= 0.3 is 12.0 Å². The molecule has 1 aliphatic heterocycles. The van der Waals surface area contributed by atoms with E-state index in [4.69, 9.17) is 4.74 Å². The summed E-state index contributed by atoms with van der Waals surface area (Å²) >= 11 is 0. The molecule has 9 nitrogen and oxygen atoms in total. The molecule has 0 atom stereocenters. The summed E-state index contributed by atoms with van der Waals surface area (Å²) in [4.78, 5) is 51.7. The average molecular weight is 493 g/mol. The van der Waals surface area contributed by atoms with Gasteiger partial charge in [0.15, 0.2) is 6.61 Å². The fraction of sp³-hybridized carbons (Fsp3) is 0.407. The van der Waals surface area contributed by atoms with Gasteiger partial charge in [-0.3, -0.25) is 14.4 Å². The van der Waals surface area contributed by atoms with Crippen LogP contribution < -0.4 is 16.0 Å². The van der Waals surface area contributed by atoms with E-state index in [1.165, 1.54) is 0 Å². The van der Waals surface area contributed by atoms with Crippen molar-refractivity contribution in [2.75, 3.05) is 30.3 Å². The lowest BCUT2D eigenvalue weighted by Gasteiger charge is -2.30. The summed E-state index contributed by atoms with van der Waals surface area (Å²) in [6.07, 6.45) is 5.07. The molecule has 1 heterocycles. The Morgan fingerprint density at radius 3 is 2.22 bits per heavy atom. The predicted octanol–water partition coefficient (Wildman–Crippen LogP) is 3.78. The summed E-state index contributed by atoms with van der Waals surface area (Å²) in [5.74, 6) is -1.56. The van der Waals surface area contributed by atoms with Crippen molar-refractivity contribution in [2.24, 2.45) is 5.92 Å². The Labute approximate surface area is 210 Å². The molecule has 0 spiro atoms. The number of nitrogens with zero attached hydrogens (tertiary/aromatic N) is 1. The van der Waals surface area contributed by atoms with Crippen molar-refractivity contribution < 1.29 is 23.9 Å². The number of likely N-dealkylation sites (tertiary alicyclic amines) is 1. The normalized spacial score (nSPS) is 16.3. The minimum atomic E-state index is -0.510. The molecule has 190 valence electrons. The van der Waals surface area contributed by atoms with Crippen molar-refractivity contribution in [1.82, 2.24) is 10.2 Å². The van der Waals surface area contributed by atoms with E-state index in [9.17, 15) is 19.2 Å². The Balaban J connectivity index is 1.21. The highest BCUT2D eigenvalue weighted by Crippen LogP contribution is 2.22. The van der Waals surface area contributed by atoms with Crippen molar-refractivity contribution in [1.29, 1.82) is 0 Å². The minimum absolute atomic E-state index is 0.165. The van der Waals surface area contributed by atoms with Crippen LogP contribution in [0.25, 0.3) is 0 Å². The van der Waals surface area contributed by atoms with Gasteiger partial charge in [0.1, 0.15) is 0 Å². The second-order valence-electron chi connectivity index (χ2n) is 9.21. The molecule has 2 aliphatic rings. The van der Waals surface area contributed by atoms with Crippen LogP contribution in [0.3, 0.4) is 0 Å². The van der Waals surface area contributed by atoms with Crippen LogP contribution in [0.15, 0.2) is 54.6 Å². The van der Waals surface area contributed by atoms with E-state index < -0.39 is 18.5 Å². The number of piperidine rings is 1. The van der Waals surface area contributed by atoms with Crippen LogP contribution in [0.5, 0.6) is 0 Å². The lowest BCUT2D eigenvalue weighted by atomic mass is 9.97. The number of rotatable bonds is 7. The number of para-hydroxylation sites is 2. The first-order chi connectivity index (χ1) is 17.5. The molecule has 2 fully saturated rings. The van der Waals surface area contributed by atoms with Gasteiger partial charge < -0.3 is 25.6 Å². The molecule has 4 amide bonds. The molecule has 0 unspecified atom stereocenters. The van der Waals surface area contributed by atoms with Crippen LogP contribution in [0.2, 0.25) is 0 Å². The van der Waals surface area contributed by atoms with Gasteiger partial charge in [-0.2, -0.15) is 0 Å². The fourth-order valence-corrected chi connectivity index (χ4v) is 4.61. The van der Waals surface area contributed by atoms with Gasteiger partial charge in [-0.15, -0.1) is 0 Å². The van der Waals surface area contributed by atoms with Gasteiger partial charge in [0.25, 0.3) is 11.8 Å². The van der Waals surface area contributed by atoms with Crippen LogP contribution in [-0.4, -0.2) is 54.5 Å². The third-order valence-electron chi connectivity index (χ3n) is 6.62. The molecule has 1 saturated heterocycles. The van der Waals surface area contributed by atoms with Crippen LogP contribution in [0.1, 0.15) is 48.9 Å². The number of hydrogen-bond donors (Lipinski definition) is 3. The number of carbonyl (C=O) groups excluding carboxylic acids is 4. The summed E-state index contributed by atoms with van der Waals surface area (Å²) in [6, 6.07) is 15.9. The van der Waals surface area contributed by atoms with Gasteiger partial charge in [-0.05, 0) is 49.9 Å². The SMILES string of the molecule is O=C(COC(=O)C1CCN(C(=O)Nc2ccccc2)CC1)Nc1ccccc1C(=O)NC1CCCC1. The summed E-state index contributed by atoms with van der Waals surface area (Å²) in [6.45, 7) is 0.411. The average Bonchev–Trinajstić information content (AvgIpc) is 3.41. The van der Waals surface area contributed by atoms with E-state index in [-0.39, 0.29) is 23.9 Å². The molecule has 36 heavy (non-hydrogen) atoms. The largest absolute Gasteiger partial charge is 0.455 e. The van der Waals surface area contributed by atoms with Crippen molar-refractivity contribution in [2.45, 2.75) is 44.6 Å². The monoisotopic (exact) mass is 492 g/mol. The highest BCUT2D eigenvalue weighted by atomic mass is 16.5. The number of nitrogens with one attached hydrogen (secondary N) is 3. The summed E-state index contributed by atoms with van der Waals surface area (Å²) in [7, 11) is 0. The first-order valence-corrected chi connectivity index (χ1v) is 12.5. The molecule has 1 aliphatic carbocycles. The molecule has 0 aromatic heterocycles. The Morgan fingerprint density at radius 1 is 0.833 bits per heavy atom. The zero-order chi connectivity index (χ0) is 25.3. The smallest absolute Gasteiger partial charge is 0.321 e. The van der Waals surface area contributed by atoms with Crippen molar-refractivity contribution in [3.05, 3.63) is 60.2 Å². The molecule has 2 aromatic rings. The second-order valence-corrected chi connectivity index (χ2v) is 9.21.